The second-order valence-corrected chi connectivity index (χ2v) is 7.58. The highest BCUT2D eigenvalue weighted by atomic mass is 35.5. The molecule has 0 saturated heterocycles. The van der Waals surface area contributed by atoms with Crippen LogP contribution in [0.25, 0.3) is 0 Å². The first kappa shape index (κ1) is 21.7. The molecular weight excluding hydrogens is 423 g/mol. The molecule has 30 heavy (non-hydrogen) atoms. The highest BCUT2D eigenvalue weighted by Crippen LogP contribution is 2.25. The van der Waals surface area contributed by atoms with Crippen LogP contribution in [0.1, 0.15) is 21.5 Å². The van der Waals surface area contributed by atoms with Crippen LogP contribution in [0.15, 0.2) is 60.7 Å². The number of hydrogen-bond acceptors (Lipinski definition) is 3. The Bertz CT molecular complexity index is 1080. The second kappa shape index (κ2) is 9.65. The number of hydrogen-bond donors (Lipinski definition) is 2. The first-order valence-electron chi connectivity index (χ1n) is 9.18. The van der Waals surface area contributed by atoms with Crippen molar-refractivity contribution in [2.45, 2.75) is 13.8 Å². The zero-order valence-corrected chi connectivity index (χ0v) is 18.0. The minimum atomic E-state index is -0.343. The Kier molecular flexibility index (Phi) is 6.98. The largest absolute Gasteiger partial charge is 0.484 e. The lowest BCUT2D eigenvalue weighted by atomic mass is 10.1. The molecule has 0 unspecified atom stereocenters. The summed E-state index contributed by atoms with van der Waals surface area (Å²) in [5, 5.41) is 6.33. The number of rotatable bonds is 6. The summed E-state index contributed by atoms with van der Waals surface area (Å²) in [6, 6.07) is 17.2. The summed E-state index contributed by atoms with van der Waals surface area (Å²) in [5.41, 5.74) is 3.91. The highest BCUT2D eigenvalue weighted by Gasteiger charge is 2.09. The van der Waals surface area contributed by atoms with Gasteiger partial charge in [-0.05, 0) is 67.9 Å². The maximum atomic E-state index is 12.4. The number of nitrogens with one attached hydrogen (secondary N) is 2. The van der Waals surface area contributed by atoms with E-state index in [0.717, 1.165) is 16.8 Å². The number of halogens is 2. The summed E-state index contributed by atoms with van der Waals surface area (Å²) in [5.74, 6) is -0.0849. The molecule has 0 aromatic heterocycles. The number of ether oxygens (including phenoxy) is 1. The van der Waals surface area contributed by atoms with Crippen LogP contribution in [0, 0.1) is 13.8 Å². The van der Waals surface area contributed by atoms with Gasteiger partial charge in [0.1, 0.15) is 5.75 Å². The highest BCUT2D eigenvalue weighted by molar-refractivity contribution is 6.42. The predicted octanol–water partition coefficient (Wildman–Crippen LogP) is 5.88. The van der Waals surface area contributed by atoms with Gasteiger partial charge in [-0.15, -0.1) is 0 Å². The van der Waals surface area contributed by atoms with Crippen LogP contribution in [0.5, 0.6) is 5.75 Å². The minimum absolute atomic E-state index is 0.186. The van der Waals surface area contributed by atoms with Crippen LogP contribution in [0.3, 0.4) is 0 Å². The van der Waals surface area contributed by atoms with Gasteiger partial charge in [0.2, 0.25) is 0 Å². The van der Waals surface area contributed by atoms with E-state index < -0.39 is 0 Å². The fourth-order valence-electron chi connectivity index (χ4n) is 2.77. The van der Waals surface area contributed by atoms with Crippen molar-refractivity contribution in [1.29, 1.82) is 0 Å². The Hall–Kier alpha value is -3.02. The molecule has 2 amide bonds. The molecule has 0 aliphatic rings. The predicted molar refractivity (Wildman–Crippen MR) is 121 cm³/mol. The van der Waals surface area contributed by atoms with Gasteiger partial charge in [-0.25, -0.2) is 0 Å². The number of carbonyl (C=O) groups is 2. The Labute approximate surface area is 185 Å². The second-order valence-electron chi connectivity index (χ2n) is 6.76. The molecule has 0 aliphatic carbocycles. The smallest absolute Gasteiger partial charge is 0.262 e. The standard InChI is InChI=1S/C23H20Cl2N2O3/c1-14-3-10-21(15(2)11-14)27-23(29)16-4-7-18(8-5-16)30-13-22(28)26-17-6-9-19(24)20(25)12-17/h3-12H,13H2,1-2H3,(H,26,28)(H,27,29). The van der Waals surface area contributed by atoms with Crippen molar-refractivity contribution >= 4 is 46.4 Å². The monoisotopic (exact) mass is 442 g/mol. The van der Waals surface area contributed by atoms with E-state index in [1.807, 2.05) is 32.0 Å². The van der Waals surface area contributed by atoms with Gasteiger partial charge in [-0.2, -0.15) is 0 Å². The van der Waals surface area contributed by atoms with Crippen LogP contribution in [0.4, 0.5) is 11.4 Å². The molecule has 0 aliphatic heterocycles. The van der Waals surface area contributed by atoms with Crippen LogP contribution in [0.2, 0.25) is 10.0 Å². The van der Waals surface area contributed by atoms with Gasteiger partial charge in [-0.1, -0.05) is 40.9 Å². The van der Waals surface area contributed by atoms with Crippen molar-refractivity contribution in [1.82, 2.24) is 0 Å². The molecule has 0 saturated carbocycles. The third kappa shape index (κ3) is 5.75. The third-order valence-electron chi connectivity index (χ3n) is 4.32. The molecule has 7 heteroatoms. The van der Waals surface area contributed by atoms with E-state index in [1.165, 1.54) is 0 Å². The van der Waals surface area contributed by atoms with E-state index in [4.69, 9.17) is 27.9 Å². The molecule has 3 aromatic rings. The zero-order chi connectivity index (χ0) is 21.7. The lowest BCUT2D eigenvalue weighted by Crippen LogP contribution is -2.20. The lowest BCUT2D eigenvalue weighted by Gasteiger charge is -2.10. The number of benzene rings is 3. The van der Waals surface area contributed by atoms with Gasteiger partial charge in [0.15, 0.2) is 6.61 Å². The molecule has 0 atom stereocenters. The lowest BCUT2D eigenvalue weighted by molar-refractivity contribution is -0.118. The molecule has 154 valence electrons. The Balaban J connectivity index is 1.54. The first-order chi connectivity index (χ1) is 14.3. The van der Waals surface area contributed by atoms with Crippen LogP contribution >= 0.6 is 23.2 Å². The van der Waals surface area contributed by atoms with E-state index in [9.17, 15) is 9.59 Å². The summed E-state index contributed by atoms with van der Waals surface area (Å²) < 4.78 is 5.48. The summed E-state index contributed by atoms with van der Waals surface area (Å²) in [6.07, 6.45) is 0. The van der Waals surface area contributed by atoms with Crippen LogP contribution in [-0.4, -0.2) is 18.4 Å². The molecule has 5 nitrogen and oxygen atoms in total. The molecular formula is C23H20Cl2N2O3. The summed E-state index contributed by atoms with van der Waals surface area (Å²) in [4.78, 5) is 24.5. The van der Waals surface area contributed by atoms with E-state index in [1.54, 1.807) is 42.5 Å². The molecule has 0 heterocycles. The SMILES string of the molecule is Cc1ccc(NC(=O)c2ccc(OCC(=O)Nc3ccc(Cl)c(Cl)c3)cc2)c(C)c1. The molecule has 2 N–H and O–H groups in total. The van der Waals surface area contributed by atoms with Gasteiger partial charge in [0, 0.05) is 16.9 Å². The number of carbonyl (C=O) groups excluding carboxylic acids is 2. The Morgan fingerprint density at radius 2 is 1.60 bits per heavy atom. The normalized spacial score (nSPS) is 10.4. The van der Waals surface area contributed by atoms with E-state index in [-0.39, 0.29) is 18.4 Å². The van der Waals surface area contributed by atoms with Gasteiger partial charge in [0.05, 0.1) is 10.0 Å². The maximum absolute atomic E-state index is 12.4. The first-order valence-corrected chi connectivity index (χ1v) is 9.94. The van der Waals surface area contributed by atoms with Crippen molar-refractivity contribution < 1.29 is 14.3 Å². The van der Waals surface area contributed by atoms with Crippen molar-refractivity contribution in [3.8, 4) is 5.75 Å². The van der Waals surface area contributed by atoms with Gasteiger partial charge in [0.25, 0.3) is 11.8 Å². The van der Waals surface area contributed by atoms with E-state index in [0.29, 0.717) is 27.0 Å². The van der Waals surface area contributed by atoms with E-state index in [2.05, 4.69) is 10.6 Å². The minimum Gasteiger partial charge on any atom is -0.484 e. The van der Waals surface area contributed by atoms with Crippen LogP contribution < -0.4 is 15.4 Å². The molecule has 0 fully saturated rings. The fraction of sp³-hybridized carbons (Fsp3) is 0.130. The summed E-state index contributed by atoms with van der Waals surface area (Å²) in [7, 11) is 0. The topological polar surface area (TPSA) is 67.4 Å². The van der Waals surface area contributed by atoms with Crippen LogP contribution in [-0.2, 0) is 4.79 Å². The Morgan fingerprint density at radius 3 is 2.27 bits per heavy atom. The summed E-state index contributed by atoms with van der Waals surface area (Å²) >= 11 is 11.8. The fourth-order valence-corrected chi connectivity index (χ4v) is 3.07. The average Bonchev–Trinajstić information content (AvgIpc) is 2.71. The van der Waals surface area contributed by atoms with E-state index >= 15 is 0 Å². The average molecular weight is 443 g/mol. The molecule has 3 rings (SSSR count). The zero-order valence-electron chi connectivity index (χ0n) is 16.5. The number of anilines is 2. The number of amides is 2. The Morgan fingerprint density at radius 1 is 0.867 bits per heavy atom. The van der Waals surface area contributed by atoms with Crippen molar-refractivity contribution in [2.75, 3.05) is 17.2 Å². The molecule has 0 spiro atoms. The quantitative estimate of drug-likeness (QED) is 0.500. The molecule has 0 radical (unpaired) electrons. The van der Waals surface area contributed by atoms with Gasteiger partial charge < -0.3 is 15.4 Å². The van der Waals surface area contributed by atoms with Crippen molar-refractivity contribution in [3.63, 3.8) is 0 Å². The van der Waals surface area contributed by atoms with Crippen molar-refractivity contribution in [2.24, 2.45) is 0 Å². The molecule has 0 bridgehead atoms. The molecule has 3 aromatic carbocycles. The summed E-state index contributed by atoms with van der Waals surface area (Å²) in [6.45, 7) is 3.76. The number of aryl methyl sites for hydroxylation is 2. The van der Waals surface area contributed by atoms with Gasteiger partial charge in [-0.3, -0.25) is 9.59 Å². The maximum Gasteiger partial charge on any atom is 0.262 e. The van der Waals surface area contributed by atoms with Gasteiger partial charge >= 0.3 is 0 Å². The van der Waals surface area contributed by atoms with Crippen molar-refractivity contribution in [3.05, 3.63) is 87.4 Å². The third-order valence-corrected chi connectivity index (χ3v) is 5.06.